The Labute approximate surface area is 152 Å². The van der Waals surface area contributed by atoms with Gasteiger partial charge in [-0.25, -0.2) is 9.50 Å². The van der Waals surface area contributed by atoms with Gasteiger partial charge in [-0.1, -0.05) is 29.0 Å². The summed E-state index contributed by atoms with van der Waals surface area (Å²) in [6.45, 7) is 2.53. The van der Waals surface area contributed by atoms with E-state index >= 15 is 0 Å². The first kappa shape index (κ1) is 15.9. The van der Waals surface area contributed by atoms with Crippen LogP contribution >= 0.6 is 22.9 Å². The molecule has 0 saturated carbocycles. The first-order chi connectivity index (χ1) is 12.2. The fraction of sp³-hybridized carbons (Fsp3) is 0.118. The van der Waals surface area contributed by atoms with E-state index in [0.717, 1.165) is 16.0 Å². The van der Waals surface area contributed by atoms with Crippen LogP contribution in [-0.4, -0.2) is 27.1 Å². The Morgan fingerprint density at radius 3 is 3.04 bits per heavy atom. The van der Waals surface area contributed by atoms with Crippen molar-refractivity contribution in [2.75, 3.05) is 11.9 Å². The van der Waals surface area contributed by atoms with Gasteiger partial charge >= 0.3 is 0 Å². The molecule has 0 radical (unpaired) electrons. The molecule has 0 saturated heterocycles. The zero-order chi connectivity index (χ0) is 17.4. The molecule has 4 aromatic rings. The van der Waals surface area contributed by atoms with E-state index in [1.807, 2.05) is 37.3 Å². The van der Waals surface area contributed by atoms with E-state index in [4.69, 9.17) is 16.3 Å². The smallest absolute Gasteiger partial charge is 0.279 e. The largest absolute Gasteiger partial charge is 0.494 e. The molecule has 1 amide bonds. The van der Waals surface area contributed by atoms with Crippen LogP contribution in [0.2, 0.25) is 5.02 Å². The van der Waals surface area contributed by atoms with Gasteiger partial charge in [-0.2, -0.15) is 5.10 Å². The Morgan fingerprint density at radius 1 is 1.36 bits per heavy atom. The van der Waals surface area contributed by atoms with Crippen molar-refractivity contribution >= 4 is 49.7 Å². The summed E-state index contributed by atoms with van der Waals surface area (Å²) in [5.74, 6) is 0.387. The average Bonchev–Trinajstić information content (AvgIpc) is 3.16. The summed E-state index contributed by atoms with van der Waals surface area (Å²) in [6, 6.07) is 11.1. The standard InChI is InChI=1S/C17H13ClN4O2S/c1-2-24-10-6-7-11-13(9-10)25-17(19-11)20-16(23)15-14(18)12-5-3-4-8-22(12)21-15/h3-9H,2H2,1H3,(H,19,20,23). The van der Waals surface area contributed by atoms with Crippen LogP contribution in [0.3, 0.4) is 0 Å². The lowest BCUT2D eigenvalue weighted by atomic mass is 10.3. The highest BCUT2D eigenvalue weighted by Crippen LogP contribution is 2.30. The summed E-state index contributed by atoms with van der Waals surface area (Å²) in [5.41, 5.74) is 1.65. The zero-order valence-corrected chi connectivity index (χ0v) is 14.8. The van der Waals surface area contributed by atoms with E-state index in [1.54, 1.807) is 16.8 Å². The van der Waals surface area contributed by atoms with Crippen molar-refractivity contribution in [2.45, 2.75) is 6.92 Å². The van der Waals surface area contributed by atoms with Gasteiger partial charge in [0.25, 0.3) is 5.91 Å². The summed E-state index contributed by atoms with van der Waals surface area (Å²) in [6.07, 6.45) is 1.74. The maximum Gasteiger partial charge on any atom is 0.279 e. The summed E-state index contributed by atoms with van der Waals surface area (Å²) in [4.78, 5) is 16.9. The molecular weight excluding hydrogens is 360 g/mol. The third-order valence-electron chi connectivity index (χ3n) is 3.59. The van der Waals surface area contributed by atoms with Crippen molar-refractivity contribution in [3.05, 3.63) is 53.3 Å². The molecule has 25 heavy (non-hydrogen) atoms. The highest BCUT2D eigenvalue weighted by Gasteiger charge is 2.19. The molecule has 1 N–H and O–H groups in total. The minimum atomic E-state index is -0.391. The quantitative estimate of drug-likeness (QED) is 0.581. The van der Waals surface area contributed by atoms with Gasteiger partial charge in [0.1, 0.15) is 5.75 Å². The van der Waals surface area contributed by atoms with Crippen molar-refractivity contribution in [1.29, 1.82) is 0 Å². The number of hydrogen-bond donors (Lipinski definition) is 1. The third kappa shape index (κ3) is 2.92. The number of halogens is 1. The predicted octanol–water partition coefficient (Wildman–Crippen LogP) is 4.25. The number of hydrogen-bond acceptors (Lipinski definition) is 5. The number of anilines is 1. The van der Waals surface area contributed by atoms with Crippen LogP contribution in [0.25, 0.3) is 15.7 Å². The second-order valence-electron chi connectivity index (χ2n) is 5.23. The number of nitrogens with zero attached hydrogens (tertiary/aromatic N) is 3. The van der Waals surface area contributed by atoms with E-state index < -0.39 is 5.91 Å². The molecule has 0 spiro atoms. The Kier molecular flexibility index (Phi) is 4.03. The number of ether oxygens (including phenoxy) is 1. The van der Waals surface area contributed by atoms with Crippen molar-refractivity contribution in [2.24, 2.45) is 0 Å². The molecule has 0 aliphatic carbocycles. The zero-order valence-electron chi connectivity index (χ0n) is 13.2. The Morgan fingerprint density at radius 2 is 2.24 bits per heavy atom. The lowest BCUT2D eigenvalue weighted by molar-refractivity contribution is 0.102. The van der Waals surface area contributed by atoms with Crippen LogP contribution < -0.4 is 10.1 Å². The predicted molar refractivity (Wildman–Crippen MR) is 98.9 cm³/mol. The third-order valence-corrected chi connectivity index (χ3v) is 4.89. The van der Waals surface area contributed by atoms with Crippen LogP contribution in [0, 0.1) is 0 Å². The second kappa shape index (κ2) is 6.34. The Bertz CT molecular complexity index is 1090. The van der Waals surface area contributed by atoms with Crippen molar-refractivity contribution in [1.82, 2.24) is 14.6 Å². The average molecular weight is 373 g/mol. The van der Waals surface area contributed by atoms with Gasteiger partial charge in [-0.3, -0.25) is 10.1 Å². The van der Waals surface area contributed by atoms with Crippen LogP contribution in [-0.2, 0) is 0 Å². The van der Waals surface area contributed by atoms with Gasteiger partial charge in [0.15, 0.2) is 10.8 Å². The van der Waals surface area contributed by atoms with E-state index in [2.05, 4.69) is 15.4 Å². The number of aromatic nitrogens is 3. The molecule has 0 atom stereocenters. The molecule has 0 bridgehead atoms. The maximum atomic E-state index is 12.5. The van der Waals surface area contributed by atoms with Crippen LogP contribution in [0.15, 0.2) is 42.6 Å². The van der Waals surface area contributed by atoms with Gasteiger partial charge < -0.3 is 4.74 Å². The van der Waals surface area contributed by atoms with Gasteiger partial charge in [0.05, 0.1) is 27.4 Å². The number of pyridine rings is 1. The first-order valence-corrected chi connectivity index (χ1v) is 8.83. The van der Waals surface area contributed by atoms with E-state index in [9.17, 15) is 4.79 Å². The van der Waals surface area contributed by atoms with Crippen molar-refractivity contribution in [3.63, 3.8) is 0 Å². The molecule has 0 aliphatic rings. The van der Waals surface area contributed by atoms with Gasteiger partial charge in [0, 0.05) is 6.20 Å². The fourth-order valence-corrected chi connectivity index (χ4v) is 3.65. The van der Waals surface area contributed by atoms with Gasteiger partial charge in [-0.15, -0.1) is 0 Å². The topological polar surface area (TPSA) is 68.5 Å². The van der Waals surface area contributed by atoms with Crippen LogP contribution in [0.5, 0.6) is 5.75 Å². The van der Waals surface area contributed by atoms with Crippen LogP contribution in [0.1, 0.15) is 17.4 Å². The number of amides is 1. The Hall–Kier alpha value is -2.64. The molecule has 8 heteroatoms. The minimum absolute atomic E-state index is 0.169. The van der Waals surface area contributed by atoms with E-state index in [1.165, 1.54) is 11.3 Å². The fourth-order valence-electron chi connectivity index (χ4n) is 2.48. The number of carbonyl (C=O) groups is 1. The number of benzene rings is 1. The van der Waals surface area contributed by atoms with Gasteiger partial charge in [0.2, 0.25) is 0 Å². The summed E-state index contributed by atoms with van der Waals surface area (Å²) in [5, 5.41) is 7.80. The number of rotatable bonds is 4. The molecule has 0 fully saturated rings. The van der Waals surface area contributed by atoms with E-state index in [-0.39, 0.29) is 5.69 Å². The second-order valence-corrected chi connectivity index (χ2v) is 6.64. The Balaban J connectivity index is 1.63. The molecule has 0 unspecified atom stereocenters. The molecular formula is C17H13ClN4O2S. The summed E-state index contributed by atoms with van der Waals surface area (Å²) >= 11 is 7.65. The molecule has 3 aromatic heterocycles. The number of nitrogens with one attached hydrogen (secondary N) is 1. The maximum absolute atomic E-state index is 12.5. The highest BCUT2D eigenvalue weighted by atomic mass is 35.5. The number of fused-ring (bicyclic) bond motifs is 2. The summed E-state index contributed by atoms with van der Waals surface area (Å²) in [7, 11) is 0. The molecule has 1 aromatic carbocycles. The number of carbonyl (C=O) groups excluding carboxylic acids is 1. The first-order valence-electron chi connectivity index (χ1n) is 7.63. The lowest BCUT2D eigenvalue weighted by Gasteiger charge is -2.00. The van der Waals surface area contributed by atoms with E-state index in [0.29, 0.717) is 22.3 Å². The van der Waals surface area contributed by atoms with Crippen molar-refractivity contribution in [3.8, 4) is 5.75 Å². The molecule has 4 rings (SSSR count). The molecule has 6 nitrogen and oxygen atoms in total. The summed E-state index contributed by atoms with van der Waals surface area (Å²) < 4.78 is 7.99. The lowest BCUT2D eigenvalue weighted by Crippen LogP contribution is -2.12. The van der Waals surface area contributed by atoms with Crippen LogP contribution in [0.4, 0.5) is 5.13 Å². The highest BCUT2D eigenvalue weighted by molar-refractivity contribution is 7.22. The number of thiazole rings is 1. The molecule has 3 heterocycles. The van der Waals surface area contributed by atoms with Gasteiger partial charge in [-0.05, 0) is 37.3 Å². The SMILES string of the molecule is CCOc1ccc2nc(NC(=O)c3nn4ccccc4c3Cl)sc2c1. The molecule has 126 valence electrons. The monoisotopic (exact) mass is 372 g/mol. The molecule has 0 aliphatic heterocycles. The van der Waals surface area contributed by atoms with Crippen molar-refractivity contribution < 1.29 is 9.53 Å². The minimum Gasteiger partial charge on any atom is -0.494 e. The normalized spacial score (nSPS) is 11.1.